The largest absolute Gasteiger partial charge is 0.351 e. The molecule has 2 fully saturated rings. The highest BCUT2D eigenvalue weighted by Gasteiger charge is 2.33. The van der Waals surface area contributed by atoms with Gasteiger partial charge in [-0.3, -0.25) is 4.79 Å². The predicted molar refractivity (Wildman–Crippen MR) is 72.2 cm³/mol. The Morgan fingerprint density at radius 3 is 2.41 bits per heavy atom. The minimum atomic E-state index is 0. The van der Waals surface area contributed by atoms with Gasteiger partial charge in [0.25, 0.3) is 0 Å². The second kappa shape index (κ2) is 6.05. The first-order valence-electron chi connectivity index (χ1n) is 6.67. The molecule has 2 rings (SSSR count). The fraction of sp³-hybridized carbons (Fsp3) is 0.923. The van der Waals surface area contributed by atoms with Crippen LogP contribution in [-0.2, 0) is 4.79 Å². The molecule has 0 bridgehead atoms. The molecule has 0 aromatic heterocycles. The van der Waals surface area contributed by atoms with E-state index in [1.54, 1.807) is 0 Å². The molecule has 0 aromatic carbocycles. The van der Waals surface area contributed by atoms with Crippen LogP contribution in [0.2, 0.25) is 0 Å². The van der Waals surface area contributed by atoms with Crippen molar-refractivity contribution in [2.75, 3.05) is 0 Å². The maximum absolute atomic E-state index is 12.1. The van der Waals surface area contributed by atoms with Crippen LogP contribution in [0.3, 0.4) is 0 Å². The normalized spacial score (nSPS) is 31.6. The molecular formula is C13H25ClN2O. The van der Waals surface area contributed by atoms with Crippen LogP contribution >= 0.6 is 12.4 Å². The fourth-order valence-electron chi connectivity index (χ4n) is 3.11. The molecule has 0 radical (unpaired) electrons. The lowest BCUT2D eigenvalue weighted by Crippen LogP contribution is -2.49. The van der Waals surface area contributed by atoms with Gasteiger partial charge < -0.3 is 11.1 Å². The monoisotopic (exact) mass is 260 g/mol. The van der Waals surface area contributed by atoms with Crippen molar-refractivity contribution in [3.05, 3.63) is 0 Å². The van der Waals surface area contributed by atoms with Gasteiger partial charge in [0.15, 0.2) is 0 Å². The van der Waals surface area contributed by atoms with Gasteiger partial charge in [-0.15, -0.1) is 12.4 Å². The summed E-state index contributed by atoms with van der Waals surface area (Å²) < 4.78 is 0. The molecule has 2 aliphatic rings. The summed E-state index contributed by atoms with van der Waals surface area (Å²) >= 11 is 0. The summed E-state index contributed by atoms with van der Waals surface area (Å²) in [7, 11) is 0. The molecule has 100 valence electrons. The number of hydrogen-bond donors (Lipinski definition) is 2. The van der Waals surface area contributed by atoms with Gasteiger partial charge in [0.2, 0.25) is 5.91 Å². The Morgan fingerprint density at radius 1 is 1.24 bits per heavy atom. The highest BCUT2D eigenvalue weighted by Crippen LogP contribution is 2.30. The van der Waals surface area contributed by atoms with Gasteiger partial charge in [-0.25, -0.2) is 0 Å². The number of halogens is 1. The maximum atomic E-state index is 12.1. The Balaban J connectivity index is 0.00000144. The summed E-state index contributed by atoms with van der Waals surface area (Å²) in [6, 6.07) is 0.245. The van der Waals surface area contributed by atoms with Crippen molar-refractivity contribution in [1.29, 1.82) is 0 Å². The van der Waals surface area contributed by atoms with Gasteiger partial charge in [-0.2, -0.15) is 0 Å². The predicted octanol–water partition coefficient (Wildman–Crippen LogP) is 2.37. The highest BCUT2D eigenvalue weighted by atomic mass is 35.5. The van der Waals surface area contributed by atoms with Crippen LogP contribution < -0.4 is 11.1 Å². The summed E-state index contributed by atoms with van der Waals surface area (Å²) in [6.45, 7) is 2.19. The average Bonchev–Trinajstić information content (AvgIpc) is 2.65. The van der Waals surface area contributed by atoms with Crippen LogP contribution in [0.1, 0.15) is 58.3 Å². The van der Waals surface area contributed by atoms with E-state index in [2.05, 4.69) is 12.2 Å². The number of carbonyl (C=O) groups excluding carboxylic acids is 1. The number of rotatable bonds is 2. The summed E-state index contributed by atoms with van der Waals surface area (Å²) in [5.74, 6) is 0.422. The molecule has 0 spiro atoms. The van der Waals surface area contributed by atoms with Crippen LogP contribution in [0.4, 0.5) is 0 Å². The van der Waals surface area contributed by atoms with Crippen molar-refractivity contribution in [3.8, 4) is 0 Å². The Labute approximate surface area is 110 Å². The number of nitrogens with one attached hydrogen (secondary N) is 1. The number of carbonyl (C=O) groups is 1. The fourth-order valence-corrected chi connectivity index (χ4v) is 3.11. The summed E-state index contributed by atoms with van der Waals surface area (Å²) in [6.07, 6.45) is 8.95. The third kappa shape index (κ3) is 3.85. The maximum Gasteiger partial charge on any atom is 0.223 e. The van der Waals surface area contributed by atoms with Crippen molar-refractivity contribution in [2.45, 2.75) is 69.9 Å². The van der Waals surface area contributed by atoms with Crippen LogP contribution in [-0.4, -0.2) is 17.5 Å². The van der Waals surface area contributed by atoms with E-state index >= 15 is 0 Å². The molecule has 2 unspecified atom stereocenters. The number of amides is 1. The lowest BCUT2D eigenvalue weighted by molar-refractivity contribution is -0.127. The molecule has 3 N–H and O–H groups in total. The van der Waals surface area contributed by atoms with Gasteiger partial charge in [0, 0.05) is 17.5 Å². The SMILES string of the molecule is CC1(NC(=O)C2CCC(N)C2)CCCCC1.Cl. The molecule has 0 aliphatic heterocycles. The number of hydrogen-bond acceptors (Lipinski definition) is 2. The molecule has 1 amide bonds. The quantitative estimate of drug-likeness (QED) is 0.801. The van der Waals surface area contributed by atoms with E-state index in [4.69, 9.17) is 5.73 Å². The van der Waals surface area contributed by atoms with Gasteiger partial charge in [0.1, 0.15) is 0 Å². The molecule has 3 nitrogen and oxygen atoms in total. The van der Waals surface area contributed by atoms with Crippen molar-refractivity contribution in [3.63, 3.8) is 0 Å². The Hall–Kier alpha value is -0.280. The van der Waals surface area contributed by atoms with E-state index in [1.165, 1.54) is 19.3 Å². The molecule has 4 heteroatoms. The second-order valence-corrected chi connectivity index (χ2v) is 5.88. The van der Waals surface area contributed by atoms with E-state index in [1.807, 2.05) is 0 Å². The first-order valence-corrected chi connectivity index (χ1v) is 6.67. The van der Waals surface area contributed by atoms with Crippen molar-refractivity contribution < 1.29 is 4.79 Å². The molecule has 0 aromatic rings. The summed E-state index contributed by atoms with van der Waals surface area (Å²) in [4.78, 5) is 12.1. The number of nitrogens with two attached hydrogens (primary N) is 1. The molecule has 2 atom stereocenters. The van der Waals surface area contributed by atoms with E-state index in [9.17, 15) is 4.79 Å². The zero-order valence-electron chi connectivity index (χ0n) is 10.7. The first-order chi connectivity index (χ1) is 7.59. The Bertz CT molecular complexity index is 264. The minimum absolute atomic E-state index is 0. The van der Waals surface area contributed by atoms with Crippen molar-refractivity contribution >= 4 is 18.3 Å². The molecule has 2 saturated carbocycles. The zero-order valence-corrected chi connectivity index (χ0v) is 11.5. The smallest absolute Gasteiger partial charge is 0.223 e. The van der Waals surface area contributed by atoms with E-state index in [-0.39, 0.29) is 35.8 Å². The van der Waals surface area contributed by atoms with Gasteiger partial charge in [-0.05, 0) is 39.0 Å². The second-order valence-electron chi connectivity index (χ2n) is 5.88. The topological polar surface area (TPSA) is 55.1 Å². The van der Waals surface area contributed by atoms with Crippen LogP contribution in [0.25, 0.3) is 0 Å². The Morgan fingerprint density at radius 2 is 1.88 bits per heavy atom. The molecule has 17 heavy (non-hydrogen) atoms. The minimum Gasteiger partial charge on any atom is -0.351 e. The zero-order chi connectivity index (χ0) is 11.6. The highest BCUT2D eigenvalue weighted by molar-refractivity contribution is 5.85. The van der Waals surface area contributed by atoms with Crippen molar-refractivity contribution in [1.82, 2.24) is 5.32 Å². The van der Waals surface area contributed by atoms with Crippen LogP contribution in [0.5, 0.6) is 0 Å². The van der Waals surface area contributed by atoms with Crippen LogP contribution in [0, 0.1) is 5.92 Å². The van der Waals surface area contributed by atoms with Gasteiger partial charge >= 0.3 is 0 Å². The van der Waals surface area contributed by atoms with E-state index in [0.717, 1.165) is 32.1 Å². The van der Waals surface area contributed by atoms with Crippen LogP contribution in [0.15, 0.2) is 0 Å². The van der Waals surface area contributed by atoms with Gasteiger partial charge in [-0.1, -0.05) is 19.3 Å². The summed E-state index contributed by atoms with van der Waals surface area (Å²) in [5, 5.41) is 3.26. The third-order valence-electron chi connectivity index (χ3n) is 4.23. The van der Waals surface area contributed by atoms with E-state index < -0.39 is 0 Å². The lowest BCUT2D eigenvalue weighted by atomic mass is 9.83. The molecule has 2 aliphatic carbocycles. The van der Waals surface area contributed by atoms with Gasteiger partial charge in [0.05, 0.1) is 0 Å². The standard InChI is InChI=1S/C13H24N2O.ClH/c1-13(7-3-2-4-8-13)15-12(16)10-5-6-11(14)9-10;/h10-11H,2-9,14H2,1H3,(H,15,16);1H. The molecular weight excluding hydrogens is 236 g/mol. The lowest BCUT2D eigenvalue weighted by Gasteiger charge is -2.35. The molecule has 0 heterocycles. The first kappa shape index (κ1) is 14.8. The molecule has 0 saturated heterocycles. The third-order valence-corrected chi connectivity index (χ3v) is 4.23. The average molecular weight is 261 g/mol. The Kier molecular flexibility index (Phi) is 5.26. The van der Waals surface area contributed by atoms with Crippen molar-refractivity contribution in [2.24, 2.45) is 11.7 Å². The van der Waals surface area contributed by atoms with E-state index in [0.29, 0.717) is 0 Å². The summed E-state index contributed by atoms with van der Waals surface area (Å²) in [5.41, 5.74) is 5.91.